The third-order valence-corrected chi connectivity index (χ3v) is 2.28. The lowest BCUT2D eigenvalue weighted by Crippen LogP contribution is -1.84. The van der Waals surface area contributed by atoms with E-state index in [0.717, 1.165) is 9.81 Å². The molecule has 0 fully saturated rings. The summed E-state index contributed by atoms with van der Waals surface area (Å²) in [4.78, 5) is 1.53. The van der Waals surface area contributed by atoms with E-state index in [4.69, 9.17) is 10.2 Å². The highest BCUT2D eigenvalue weighted by Crippen LogP contribution is 2.24. The Labute approximate surface area is 95.0 Å². The van der Waals surface area contributed by atoms with Crippen molar-refractivity contribution in [3.63, 3.8) is 0 Å². The molecule has 0 saturated carbocycles. The van der Waals surface area contributed by atoms with Crippen LogP contribution in [0, 0.1) is 0 Å². The minimum absolute atomic E-state index is 0.0141. The van der Waals surface area contributed by atoms with Crippen LogP contribution < -0.4 is 0 Å². The lowest BCUT2D eigenvalue weighted by Gasteiger charge is -2.01. The van der Waals surface area contributed by atoms with Gasteiger partial charge in [-0.1, -0.05) is 43.1 Å². The number of hydrogen-bond acceptors (Lipinski definition) is 3. The summed E-state index contributed by atoms with van der Waals surface area (Å²) in [5.74, 6) is -0.0141. The molecule has 0 aromatic rings. The molecule has 0 atom stereocenters. The maximum absolute atomic E-state index is 9.02. The first kappa shape index (κ1) is 13.8. The Bertz CT molecular complexity index is 312. The van der Waals surface area contributed by atoms with E-state index in [-0.39, 0.29) is 12.4 Å². The molecule has 0 spiro atoms. The van der Waals surface area contributed by atoms with Gasteiger partial charge in [0.05, 0.1) is 6.61 Å². The van der Waals surface area contributed by atoms with E-state index in [9.17, 15) is 0 Å². The molecule has 0 rings (SSSR count). The fourth-order valence-corrected chi connectivity index (χ4v) is 1.40. The van der Waals surface area contributed by atoms with Crippen LogP contribution in [0.4, 0.5) is 0 Å². The van der Waals surface area contributed by atoms with Gasteiger partial charge in [-0.25, -0.2) is 0 Å². The third kappa shape index (κ3) is 7.85. The second-order valence-corrected chi connectivity index (χ2v) is 3.96. The van der Waals surface area contributed by atoms with Crippen molar-refractivity contribution in [2.24, 2.45) is 0 Å². The second kappa shape index (κ2) is 8.15. The Morgan fingerprint density at radius 1 is 1.33 bits per heavy atom. The summed E-state index contributed by atoms with van der Waals surface area (Å²) in [6, 6.07) is 0. The van der Waals surface area contributed by atoms with Gasteiger partial charge in [-0.3, -0.25) is 0 Å². The summed E-state index contributed by atoms with van der Waals surface area (Å²) in [6.45, 7) is 8.97. The predicted molar refractivity (Wildman–Crippen MR) is 67.6 cm³/mol. The molecule has 0 amide bonds. The average Bonchev–Trinajstić information content (AvgIpc) is 2.21. The molecule has 0 aliphatic carbocycles. The van der Waals surface area contributed by atoms with E-state index in [1.54, 1.807) is 6.08 Å². The molecule has 0 aromatic carbocycles. The lowest BCUT2D eigenvalue weighted by molar-refractivity contribution is 0.339. The van der Waals surface area contributed by atoms with Crippen LogP contribution in [-0.2, 0) is 0 Å². The summed E-state index contributed by atoms with van der Waals surface area (Å²) in [6.07, 6.45) is 8.65. The first-order valence-corrected chi connectivity index (χ1v) is 5.27. The number of hydrogen-bond donors (Lipinski definition) is 2. The van der Waals surface area contributed by atoms with Gasteiger partial charge in [-0.15, -0.1) is 0 Å². The molecule has 0 aliphatic heterocycles. The minimum atomic E-state index is -0.0259. The van der Waals surface area contributed by atoms with Crippen LogP contribution in [0.1, 0.15) is 6.92 Å². The van der Waals surface area contributed by atoms with Gasteiger partial charge in [-0.05, 0) is 19.1 Å². The van der Waals surface area contributed by atoms with Gasteiger partial charge in [0.1, 0.15) is 5.76 Å². The largest absolute Gasteiger partial charge is 0.509 e. The number of aliphatic hydroxyl groups is 2. The summed E-state index contributed by atoms with van der Waals surface area (Å²) < 4.78 is 0. The van der Waals surface area contributed by atoms with E-state index in [1.807, 2.05) is 25.2 Å². The van der Waals surface area contributed by atoms with E-state index in [1.165, 1.54) is 17.8 Å². The molecule has 0 bridgehead atoms. The molecular weight excluding hydrogens is 208 g/mol. The van der Waals surface area contributed by atoms with Crippen LogP contribution in [0.25, 0.3) is 0 Å². The molecule has 0 aromatic heterocycles. The molecule has 82 valence electrons. The maximum atomic E-state index is 9.02. The van der Waals surface area contributed by atoms with Gasteiger partial charge >= 0.3 is 0 Å². The van der Waals surface area contributed by atoms with Gasteiger partial charge in [0.15, 0.2) is 0 Å². The third-order valence-electron chi connectivity index (χ3n) is 1.35. The maximum Gasteiger partial charge on any atom is 0.108 e. The SMILES string of the molecule is C=C(O)/C=C\C(=C)S/C(=C/C=C\C)CO. The van der Waals surface area contributed by atoms with E-state index < -0.39 is 0 Å². The first-order chi connectivity index (χ1) is 7.10. The van der Waals surface area contributed by atoms with Crippen LogP contribution in [0.2, 0.25) is 0 Å². The summed E-state index contributed by atoms with van der Waals surface area (Å²) in [5.41, 5.74) is 0. The van der Waals surface area contributed by atoms with Crippen molar-refractivity contribution < 1.29 is 10.2 Å². The Hall–Kier alpha value is -1.19. The van der Waals surface area contributed by atoms with Crippen molar-refractivity contribution in [3.8, 4) is 0 Å². The number of allylic oxidation sites excluding steroid dienone is 5. The summed E-state index contributed by atoms with van der Waals surface area (Å²) in [5, 5.41) is 17.9. The molecule has 0 radical (unpaired) electrons. The van der Waals surface area contributed by atoms with Crippen LogP contribution in [0.3, 0.4) is 0 Å². The molecule has 2 nitrogen and oxygen atoms in total. The van der Waals surface area contributed by atoms with Crippen molar-refractivity contribution in [1.29, 1.82) is 0 Å². The summed E-state index contributed by atoms with van der Waals surface area (Å²) in [7, 11) is 0. The zero-order valence-corrected chi connectivity index (χ0v) is 9.63. The van der Waals surface area contributed by atoms with E-state index in [2.05, 4.69) is 13.2 Å². The molecule has 3 heteroatoms. The van der Waals surface area contributed by atoms with Gasteiger partial charge in [0.2, 0.25) is 0 Å². The molecule has 0 saturated heterocycles. The number of thioether (sulfide) groups is 1. The second-order valence-electron chi connectivity index (χ2n) is 2.71. The first-order valence-electron chi connectivity index (χ1n) is 4.45. The van der Waals surface area contributed by atoms with Crippen LogP contribution in [-0.4, -0.2) is 16.8 Å². The van der Waals surface area contributed by atoms with Gasteiger partial charge in [0, 0.05) is 9.81 Å². The topological polar surface area (TPSA) is 40.5 Å². The quantitative estimate of drug-likeness (QED) is 0.537. The number of rotatable bonds is 6. The lowest BCUT2D eigenvalue weighted by atomic mass is 10.4. The minimum Gasteiger partial charge on any atom is -0.509 e. The Morgan fingerprint density at radius 3 is 2.47 bits per heavy atom. The smallest absolute Gasteiger partial charge is 0.108 e. The standard InChI is InChI=1S/C12H16O2S/c1-4-5-6-12(9-13)15-11(3)8-7-10(2)14/h4-8,13-14H,2-3,9H2,1H3/b5-4-,8-7-,12-6+. The zero-order chi connectivity index (χ0) is 11.7. The van der Waals surface area contributed by atoms with Crippen molar-refractivity contribution in [3.05, 3.63) is 59.1 Å². The van der Waals surface area contributed by atoms with Crippen LogP contribution in [0.15, 0.2) is 59.1 Å². The Morgan fingerprint density at radius 2 is 2.00 bits per heavy atom. The Balaban J connectivity index is 4.31. The van der Waals surface area contributed by atoms with Gasteiger partial charge in [-0.2, -0.15) is 0 Å². The van der Waals surface area contributed by atoms with E-state index >= 15 is 0 Å². The van der Waals surface area contributed by atoms with Crippen molar-refractivity contribution in [2.75, 3.05) is 6.61 Å². The molecular formula is C12H16O2S. The van der Waals surface area contributed by atoms with Crippen molar-refractivity contribution in [1.82, 2.24) is 0 Å². The highest BCUT2D eigenvalue weighted by Gasteiger charge is 1.96. The van der Waals surface area contributed by atoms with Crippen molar-refractivity contribution in [2.45, 2.75) is 6.92 Å². The molecule has 15 heavy (non-hydrogen) atoms. The molecule has 0 aliphatic rings. The Kier molecular flexibility index (Phi) is 7.50. The fraction of sp³-hybridized carbons (Fsp3) is 0.167. The zero-order valence-electron chi connectivity index (χ0n) is 8.81. The van der Waals surface area contributed by atoms with Gasteiger partial charge < -0.3 is 10.2 Å². The summed E-state index contributed by atoms with van der Waals surface area (Å²) >= 11 is 1.35. The molecule has 0 heterocycles. The fourth-order valence-electron chi connectivity index (χ4n) is 0.714. The molecule has 2 N–H and O–H groups in total. The van der Waals surface area contributed by atoms with E-state index in [0.29, 0.717) is 0 Å². The normalized spacial score (nSPS) is 12.5. The average molecular weight is 224 g/mol. The highest BCUT2D eigenvalue weighted by atomic mass is 32.2. The van der Waals surface area contributed by atoms with Crippen molar-refractivity contribution >= 4 is 11.8 Å². The highest BCUT2D eigenvalue weighted by molar-refractivity contribution is 8.06. The van der Waals surface area contributed by atoms with Gasteiger partial charge in [0.25, 0.3) is 0 Å². The van der Waals surface area contributed by atoms with Crippen LogP contribution in [0.5, 0.6) is 0 Å². The number of aliphatic hydroxyl groups excluding tert-OH is 2. The predicted octanol–water partition coefficient (Wildman–Crippen LogP) is 3.31. The van der Waals surface area contributed by atoms with Crippen LogP contribution >= 0.6 is 11.8 Å². The molecule has 0 unspecified atom stereocenters. The monoisotopic (exact) mass is 224 g/mol.